The number of nitriles is 1. The van der Waals surface area contributed by atoms with E-state index >= 15 is 0 Å². The maximum absolute atomic E-state index is 13.5. The number of piperidine rings is 1. The third-order valence-electron chi connectivity index (χ3n) is 7.19. The predicted molar refractivity (Wildman–Crippen MR) is 131 cm³/mol. The minimum atomic E-state index is 0.00649. The summed E-state index contributed by atoms with van der Waals surface area (Å²) in [5.41, 5.74) is 5.15. The lowest BCUT2D eigenvalue weighted by atomic mass is 9.84. The van der Waals surface area contributed by atoms with Gasteiger partial charge in [-0.1, -0.05) is 60.7 Å². The standard InChI is InChI=1S/C29H29N3O2/c1-31-27-17-28(25-9-5-8-24(16-25)23-13-10-22(18-30)11-14-23)32(19-26(27)20-34-31)29(33)15-12-21-6-3-2-4-7-21/h2-11,13-14,16,26-28H,12,15,17,19-20H2,1H3/t26-,27-,28-/m0/s1. The van der Waals surface area contributed by atoms with Crippen molar-refractivity contribution in [1.82, 2.24) is 9.96 Å². The maximum atomic E-state index is 13.5. The molecule has 0 unspecified atom stereocenters. The average molecular weight is 452 g/mol. The Morgan fingerprint density at radius 3 is 2.59 bits per heavy atom. The zero-order chi connectivity index (χ0) is 23.5. The summed E-state index contributed by atoms with van der Waals surface area (Å²) in [6.07, 6.45) is 2.11. The van der Waals surface area contributed by atoms with Crippen LogP contribution < -0.4 is 0 Å². The third-order valence-corrected chi connectivity index (χ3v) is 7.19. The molecule has 2 heterocycles. The van der Waals surface area contributed by atoms with Crippen molar-refractivity contribution < 1.29 is 9.63 Å². The fraction of sp³-hybridized carbons (Fsp3) is 0.310. The molecule has 2 aliphatic heterocycles. The van der Waals surface area contributed by atoms with E-state index in [1.165, 1.54) is 5.56 Å². The summed E-state index contributed by atoms with van der Waals surface area (Å²) in [4.78, 5) is 21.4. The van der Waals surface area contributed by atoms with E-state index < -0.39 is 0 Å². The minimum absolute atomic E-state index is 0.00649. The maximum Gasteiger partial charge on any atom is 0.223 e. The van der Waals surface area contributed by atoms with Gasteiger partial charge in [-0.2, -0.15) is 10.3 Å². The second kappa shape index (κ2) is 9.80. The fourth-order valence-electron chi connectivity index (χ4n) is 5.26. The number of fused-ring (bicyclic) bond motifs is 1. The number of nitrogens with zero attached hydrogens (tertiary/aromatic N) is 3. The van der Waals surface area contributed by atoms with Gasteiger partial charge in [0.1, 0.15) is 0 Å². The zero-order valence-corrected chi connectivity index (χ0v) is 19.4. The van der Waals surface area contributed by atoms with Crippen LogP contribution in [0.25, 0.3) is 11.1 Å². The summed E-state index contributed by atoms with van der Waals surface area (Å²) in [7, 11) is 2.00. The van der Waals surface area contributed by atoms with Crippen LogP contribution in [0.15, 0.2) is 78.9 Å². The van der Waals surface area contributed by atoms with E-state index in [1.807, 2.05) is 54.6 Å². The van der Waals surface area contributed by atoms with E-state index in [0.29, 0.717) is 37.1 Å². The zero-order valence-electron chi connectivity index (χ0n) is 19.4. The topological polar surface area (TPSA) is 56.6 Å². The lowest BCUT2D eigenvalue weighted by Gasteiger charge is -2.42. The Labute approximate surface area is 201 Å². The molecule has 34 heavy (non-hydrogen) atoms. The average Bonchev–Trinajstić information content (AvgIpc) is 3.27. The molecule has 0 aliphatic carbocycles. The highest BCUT2D eigenvalue weighted by atomic mass is 16.7. The summed E-state index contributed by atoms with van der Waals surface area (Å²) < 4.78 is 0. The van der Waals surface area contributed by atoms with Crippen molar-refractivity contribution in [3.8, 4) is 17.2 Å². The number of aryl methyl sites for hydroxylation is 1. The highest BCUT2D eigenvalue weighted by Crippen LogP contribution is 2.40. The van der Waals surface area contributed by atoms with E-state index in [0.717, 1.165) is 29.5 Å². The molecule has 5 rings (SSSR count). The van der Waals surface area contributed by atoms with Gasteiger partial charge in [0.05, 0.1) is 24.3 Å². The van der Waals surface area contributed by atoms with Gasteiger partial charge in [0.2, 0.25) is 5.91 Å². The summed E-state index contributed by atoms with van der Waals surface area (Å²) >= 11 is 0. The molecule has 172 valence electrons. The van der Waals surface area contributed by atoms with Crippen LogP contribution in [0.5, 0.6) is 0 Å². The Morgan fingerprint density at radius 1 is 1.03 bits per heavy atom. The second-order valence-electron chi connectivity index (χ2n) is 9.27. The van der Waals surface area contributed by atoms with Crippen molar-refractivity contribution in [3.05, 3.63) is 95.6 Å². The van der Waals surface area contributed by atoms with Crippen molar-refractivity contribution in [2.24, 2.45) is 5.92 Å². The van der Waals surface area contributed by atoms with Gasteiger partial charge in [0.25, 0.3) is 0 Å². The first-order chi connectivity index (χ1) is 16.6. The molecule has 5 nitrogen and oxygen atoms in total. The molecule has 2 fully saturated rings. The second-order valence-corrected chi connectivity index (χ2v) is 9.27. The minimum Gasteiger partial charge on any atom is -0.335 e. The molecule has 0 spiro atoms. The Morgan fingerprint density at radius 2 is 1.82 bits per heavy atom. The molecule has 0 aromatic heterocycles. The Kier molecular flexibility index (Phi) is 6.44. The predicted octanol–water partition coefficient (Wildman–Crippen LogP) is 4.99. The van der Waals surface area contributed by atoms with Gasteiger partial charge in [0, 0.05) is 32.0 Å². The third kappa shape index (κ3) is 4.61. The van der Waals surface area contributed by atoms with Crippen LogP contribution in [-0.4, -0.2) is 42.1 Å². The molecule has 0 saturated carbocycles. The largest absolute Gasteiger partial charge is 0.335 e. The van der Waals surface area contributed by atoms with Crippen LogP contribution in [0, 0.1) is 17.2 Å². The quantitative estimate of drug-likeness (QED) is 0.548. The number of rotatable bonds is 5. The van der Waals surface area contributed by atoms with E-state index in [9.17, 15) is 4.79 Å². The van der Waals surface area contributed by atoms with Gasteiger partial charge in [-0.25, -0.2) is 0 Å². The van der Waals surface area contributed by atoms with Crippen molar-refractivity contribution in [2.75, 3.05) is 20.2 Å². The van der Waals surface area contributed by atoms with Gasteiger partial charge < -0.3 is 4.90 Å². The number of hydroxylamine groups is 2. The number of hydrogen-bond acceptors (Lipinski definition) is 4. The van der Waals surface area contributed by atoms with Crippen molar-refractivity contribution in [3.63, 3.8) is 0 Å². The summed E-state index contributed by atoms with van der Waals surface area (Å²) in [5, 5.41) is 11.1. The van der Waals surface area contributed by atoms with Crippen LogP contribution in [0.2, 0.25) is 0 Å². The molecular weight excluding hydrogens is 422 g/mol. The molecule has 5 heteroatoms. The smallest absolute Gasteiger partial charge is 0.223 e. The van der Waals surface area contributed by atoms with Crippen LogP contribution >= 0.6 is 0 Å². The fourth-order valence-corrected chi connectivity index (χ4v) is 5.26. The number of amides is 1. The highest BCUT2D eigenvalue weighted by molar-refractivity contribution is 5.77. The van der Waals surface area contributed by atoms with Crippen molar-refractivity contribution in [2.45, 2.75) is 31.3 Å². The first-order valence-corrected chi connectivity index (χ1v) is 11.9. The number of hydrogen-bond donors (Lipinski definition) is 0. The lowest BCUT2D eigenvalue weighted by molar-refractivity contribution is -0.139. The molecule has 2 saturated heterocycles. The molecule has 3 atom stereocenters. The SMILES string of the molecule is CN1OC[C@@H]2CN(C(=O)CCc3ccccc3)[C@H](c3cccc(-c4ccc(C#N)cc4)c3)C[C@@H]21. The number of benzene rings is 3. The Balaban J connectivity index is 1.41. The van der Waals surface area contributed by atoms with Gasteiger partial charge >= 0.3 is 0 Å². The Bertz CT molecular complexity index is 1190. The Hall–Kier alpha value is -3.46. The van der Waals surface area contributed by atoms with Crippen LogP contribution in [0.4, 0.5) is 0 Å². The molecule has 0 N–H and O–H groups in total. The summed E-state index contributed by atoms with van der Waals surface area (Å²) in [6, 6.07) is 28.8. The normalized spacial score (nSPS) is 22.2. The monoisotopic (exact) mass is 451 g/mol. The van der Waals surface area contributed by atoms with Crippen molar-refractivity contribution >= 4 is 5.91 Å². The van der Waals surface area contributed by atoms with Gasteiger partial charge in [0.15, 0.2) is 0 Å². The van der Waals surface area contributed by atoms with E-state index in [1.54, 1.807) is 0 Å². The highest BCUT2D eigenvalue weighted by Gasteiger charge is 2.44. The molecule has 3 aromatic carbocycles. The summed E-state index contributed by atoms with van der Waals surface area (Å²) in [5.74, 6) is 0.536. The van der Waals surface area contributed by atoms with Crippen molar-refractivity contribution in [1.29, 1.82) is 5.26 Å². The molecule has 0 bridgehead atoms. The molecule has 0 radical (unpaired) electrons. The summed E-state index contributed by atoms with van der Waals surface area (Å²) in [6.45, 7) is 1.38. The van der Waals surface area contributed by atoms with Crippen LogP contribution in [0.1, 0.15) is 35.6 Å². The molecule has 1 amide bonds. The number of carbonyl (C=O) groups is 1. The first-order valence-electron chi connectivity index (χ1n) is 11.9. The number of likely N-dealkylation sites (tertiary alicyclic amines) is 1. The van der Waals surface area contributed by atoms with Gasteiger partial charge in [-0.15, -0.1) is 0 Å². The van der Waals surface area contributed by atoms with Crippen LogP contribution in [-0.2, 0) is 16.1 Å². The molecule has 3 aromatic rings. The number of carbonyl (C=O) groups excluding carboxylic acids is 1. The molecular formula is C29H29N3O2. The van der Waals surface area contributed by atoms with Gasteiger partial charge in [-0.05, 0) is 53.3 Å². The lowest BCUT2D eigenvalue weighted by Crippen LogP contribution is -2.49. The molecule has 2 aliphatic rings. The van der Waals surface area contributed by atoms with Crippen LogP contribution in [0.3, 0.4) is 0 Å². The van der Waals surface area contributed by atoms with E-state index in [4.69, 9.17) is 10.1 Å². The van der Waals surface area contributed by atoms with Gasteiger partial charge in [-0.3, -0.25) is 9.63 Å². The first kappa shape index (κ1) is 22.3. The van der Waals surface area contributed by atoms with E-state index in [2.05, 4.69) is 47.4 Å². The van der Waals surface area contributed by atoms with E-state index in [-0.39, 0.29) is 11.9 Å².